The number of nitrogen functional groups attached to an aromatic ring is 1. The van der Waals surface area contributed by atoms with Crippen molar-refractivity contribution in [2.45, 2.75) is 6.54 Å². The number of anilines is 2. The van der Waals surface area contributed by atoms with E-state index in [4.69, 9.17) is 22.1 Å². The van der Waals surface area contributed by atoms with Crippen molar-refractivity contribution in [3.8, 4) is 5.75 Å². The number of benzene rings is 1. The van der Waals surface area contributed by atoms with Gasteiger partial charge in [0.1, 0.15) is 17.8 Å². The van der Waals surface area contributed by atoms with Gasteiger partial charge in [-0.3, -0.25) is 0 Å². The van der Waals surface area contributed by atoms with E-state index in [1.54, 1.807) is 7.11 Å². The van der Waals surface area contributed by atoms with Crippen LogP contribution in [0.2, 0.25) is 5.15 Å². The van der Waals surface area contributed by atoms with Gasteiger partial charge in [0.15, 0.2) is 11.0 Å². The highest BCUT2D eigenvalue weighted by Crippen LogP contribution is 2.22. The molecule has 0 amide bonds. The van der Waals surface area contributed by atoms with E-state index in [2.05, 4.69) is 15.3 Å². The summed E-state index contributed by atoms with van der Waals surface area (Å²) in [5, 5.41) is 3.36. The highest BCUT2D eigenvalue weighted by atomic mass is 35.5. The molecule has 94 valence electrons. The molecule has 1 heterocycles. The van der Waals surface area contributed by atoms with Gasteiger partial charge in [0.25, 0.3) is 0 Å². The smallest absolute Gasteiger partial charge is 0.157 e. The van der Waals surface area contributed by atoms with Gasteiger partial charge < -0.3 is 15.8 Å². The zero-order valence-corrected chi connectivity index (χ0v) is 10.6. The van der Waals surface area contributed by atoms with E-state index in [0.717, 1.165) is 11.3 Å². The third-order valence-corrected chi connectivity index (χ3v) is 2.76. The molecule has 3 N–H and O–H groups in total. The van der Waals surface area contributed by atoms with Crippen molar-refractivity contribution in [3.63, 3.8) is 0 Å². The molecule has 0 fully saturated rings. The first kappa shape index (κ1) is 12.4. The Kier molecular flexibility index (Phi) is 3.84. The fourth-order valence-electron chi connectivity index (χ4n) is 1.44. The summed E-state index contributed by atoms with van der Waals surface area (Å²) < 4.78 is 5.09. The second-order valence-electron chi connectivity index (χ2n) is 3.63. The van der Waals surface area contributed by atoms with Crippen LogP contribution in [0.15, 0.2) is 30.6 Å². The van der Waals surface area contributed by atoms with Crippen LogP contribution in [-0.4, -0.2) is 17.1 Å². The molecule has 0 aliphatic heterocycles. The van der Waals surface area contributed by atoms with Crippen LogP contribution < -0.4 is 15.8 Å². The number of halogens is 1. The lowest BCUT2D eigenvalue weighted by molar-refractivity contribution is 0.414. The summed E-state index contributed by atoms with van der Waals surface area (Å²) in [7, 11) is 1.64. The Hall–Kier alpha value is -2.01. The van der Waals surface area contributed by atoms with Crippen LogP contribution in [0.25, 0.3) is 0 Å². The van der Waals surface area contributed by atoms with Crippen LogP contribution >= 0.6 is 11.6 Å². The summed E-state index contributed by atoms with van der Waals surface area (Å²) in [5.41, 5.74) is 7.20. The lowest BCUT2D eigenvalue weighted by Gasteiger charge is -2.09. The molecule has 1 aromatic heterocycles. The zero-order chi connectivity index (χ0) is 13.0. The third-order valence-electron chi connectivity index (χ3n) is 2.45. The van der Waals surface area contributed by atoms with Gasteiger partial charge in [-0.1, -0.05) is 23.7 Å². The molecule has 0 aliphatic carbocycles. The van der Waals surface area contributed by atoms with Crippen LogP contribution in [0, 0.1) is 0 Å². The quantitative estimate of drug-likeness (QED) is 0.829. The Balaban J connectivity index is 2.04. The van der Waals surface area contributed by atoms with E-state index in [9.17, 15) is 0 Å². The minimum Gasteiger partial charge on any atom is -0.497 e. The number of hydrogen-bond acceptors (Lipinski definition) is 5. The van der Waals surface area contributed by atoms with E-state index < -0.39 is 0 Å². The standard InChI is InChI=1S/C12H13ClN4O/c1-18-9-4-2-8(3-5-9)6-15-12-10(14)11(13)16-7-17-12/h2-5,7H,6,14H2,1H3,(H,15,16,17). The molecule has 18 heavy (non-hydrogen) atoms. The third kappa shape index (κ3) is 2.81. The van der Waals surface area contributed by atoms with Crippen LogP contribution in [0.3, 0.4) is 0 Å². The first-order valence-electron chi connectivity index (χ1n) is 5.33. The fourth-order valence-corrected chi connectivity index (χ4v) is 1.58. The number of rotatable bonds is 4. The number of nitrogens with two attached hydrogens (primary N) is 1. The Morgan fingerprint density at radius 1 is 1.28 bits per heavy atom. The molecule has 5 nitrogen and oxygen atoms in total. The maximum atomic E-state index is 5.80. The summed E-state index contributed by atoms with van der Waals surface area (Å²) in [6.07, 6.45) is 1.37. The maximum Gasteiger partial charge on any atom is 0.157 e. The van der Waals surface area contributed by atoms with Crippen molar-refractivity contribution in [1.82, 2.24) is 9.97 Å². The van der Waals surface area contributed by atoms with Gasteiger partial charge in [-0.2, -0.15) is 0 Å². The molecule has 0 atom stereocenters. The molecule has 2 aromatic rings. The maximum absolute atomic E-state index is 5.80. The molecule has 2 rings (SSSR count). The zero-order valence-electron chi connectivity index (χ0n) is 9.85. The minimum absolute atomic E-state index is 0.252. The van der Waals surface area contributed by atoms with Crippen LogP contribution in [0.4, 0.5) is 11.5 Å². The second kappa shape index (κ2) is 5.55. The molecule has 0 spiro atoms. The van der Waals surface area contributed by atoms with E-state index in [0.29, 0.717) is 18.1 Å². The van der Waals surface area contributed by atoms with Crippen LogP contribution in [-0.2, 0) is 6.54 Å². The van der Waals surface area contributed by atoms with Gasteiger partial charge in [0.2, 0.25) is 0 Å². The number of ether oxygens (including phenoxy) is 1. The molecule has 1 aromatic carbocycles. The molecule has 0 saturated carbocycles. The first-order valence-corrected chi connectivity index (χ1v) is 5.71. The predicted molar refractivity (Wildman–Crippen MR) is 71.8 cm³/mol. The fraction of sp³-hybridized carbons (Fsp3) is 0.167. The van der Waals surface area contributed by atoms with Crippen molar-refractivity contribution in [2.24, 2.45) is 0 Å². The van der Waals surface area contributed by atoms with Gasteiger partial charge in [0.05, 0.1) is 7.11 Å². The first-order chi connectivity index (χ1) is 8.70. The van der Waals surface area contributed by atoms with Crippen molar-refractivity contribution >= 4 is 23.1 Å². The molecule has 0 unspecified atom stereocenters. The molecule has 0 radical (unpaired) electrons. The molecular weight excluding hydrogens is 252 g/mol. The Bertz CT molecular complexity index is 530. The predicted octanol–water partition coefficient (Wildman–Crippen LogP) is 2.33. The van der Waals surface area contributed by atoms with Gasteiger partial charge in [-0.15, -0.1) is 0 Å². The topological polar surface area (TPSA) is 73.1 Å². The van der Waals surface area contributed by atoms with E-state index in [1.165, 1.54) is 6.33 Å². The SMILES string of the molecule is COc1ccc(CNc2ncnc(Cl)c2N)cc1. The van der Waals surface area contributed by atoms with Crippen molar-refractivity contribution in [1.29, 1.82) is 0 Å². The summed E-state index contributed by atoms with van der Waals surface area (Å²) in [5.74, 6) is 1.36. The van der Waals surface area contributed by atoms with Gasteiger partial charge in [-0.25, -0.2) is 9.97 Å². The van der Waals surface area contributed by atoms with Crippen molar-refractivity contribution in [3.05, 3.63) is 41.3 Å². The molecule has 0 bridgehead atoms. The lowest BCUT2D eigenvalue weighted by atomic mass is 10.2. The van der Waals surface area contributed by atoms with Crippen LogP contribution in [0.1, 0.15) is 5.56 Å². The summed E-state index contributed by atoms with van der Waals surface area (Å²) in [6, 6.07) is 7.72. The molecule has 6 heteroatoms. The minimum atomic E-state index is 0.252. The van der Waals surface area contributed by atoms with E-state index >= 15 is 0 Å². The van der Waals surface area contributed by atoms with E-state index in [1.807, 2.05) is 24.3 Å². The Morgan fingerprint density at radius 2 is 2.00 bits per heavy atom. The average molecular weight is 265 g/mol. The van der Waals surface area contributed by atoms with Crippen LogP contribution in [0.5, 0.6) is 5.75 Å². The van der Waals surface area contributed by atoms with Gasteiger partial charge >= 0.3 is 0 Å². The van der Waals surface area contributed by atoms with E-state index in [-0.39, 0.29) is 5.15 Å². The number of hydrogen-bond donors (Lipinski definition) is 2. The normalized spacial score (nSPS) is 10.1. The largest absolute Gasteiger partial charge is 0.497 e. The lowest BCUT2D eigenvalue weighted by Crippen LogP contribution is -2.05. The van der Waals surface area contributed by atoms with Gasteiger partial charge in [-0.05, 0) is 17.7 Å². The second-order valence-corrected chi connectivity index (χ2v) is 3.99. The van der Waals surface area contributed by atoms with Crippen molar-refractivity contribution < 1.29 is 4.74 Å². The summed E-state index contributed by atoms with van der Waals surface area (Å²) >= 11 is 5.80. The number of nitrogens with zero attached hydrogens (tertiary/aromatic N) is 2. The molecular formula is C12H13ClN4O. The highest BCUT2D eigenvalue weighted by molar-refractivity contribution is 6.32. The average Bonchev–Trinajstić information content (AvgIpc) is 2.41. The Morgan fingerprint density at radius 3 is 2.67 bits per heavy atom. The summed E-state index contributed by atoms with van der Waals surface area (Å²) in [6.45, 7) is 0.599. The van der Waals surface area contributed by atoms with Gasteiger partial charge in [0, 0.05) is 6.54 Å². The Labute approximate surface area is 110 Å². The molecule has 0 saturated heterocycles. The summed E-state index contributed by atoms with van der Waals surface area (Å²) in [4.78, 5) is 7.82. The molecule has 0 aliphatic rings. The number of aromatic nitrogens is 2. The highest BCUT2D eigenvalue weighted by Gasteiger charge is 2.05. The number of nitrogens with one attached hydrogen (secondary N) is 1. The van der Waals surface area contributed by atoms with Crippen molar-refractivity contribution in [2.75, 3.05) is 18.2 Å². The number of methoxy groups -OCH3 is 1. The monoisotopic (exact) mass is 264 g/mol.